The third kappa shape index (κ3) is 6.45. The van der Waals surface area contributed by atoms with E-state index in [2.05, 4.69) is 41.5 Å². The van der Waals surface area contributed by atoms with Crippen LogP contribution in [0.25, 0.3) is 0 Å². The molecule has 0 spiro atoms. The fourth-order valence-electron chi connectivity index (χ4n) is 1.58. The van der Waals surface area contributed by atoms with E-state index in [1.54, 1.807) is 0 Å². The first-order valence-electron chi connectivity index (χ1n) is 6.39. The van der Waals surface area contributed by atoms with Gasteiger partial charge in [0.25, 0.3) is 0 Å². The highest BCUT2D eigenvalue weighted by Crippen LogP contribution is 2.28. The van der Waals surface area contributed by atoms with Crippen molar-refractivity contribution in [3.05, 3.63) is 0 Å². The molecule has 0 aliphatic rings. The third-order valence-corrected chi connectivity index (χ3v) is 3.86. The largest absolute Gasteiger partial charge is 0.0649 e. The van der Waals surface area contributed by atoms with Gasteiger partial charge in [0, 0.05) is 0 Å². The zero-order chi connectivity index (χ0) is 11.2. The summed E-state index contributed by atoms with van der Waals surface area (Å²) in [6, 6.07) is 0. The molecule has 0 fully saturated rings. The van der Waals surface area contributed by atoms with E-state index in [0.29, 0.717) is 5.41 Å². The summed E-state index contributed by atoms with van der Waals surface area (Å²) in [6.45, 7) is 14.1. The molecule has 0 rings (SSSR count). The van der Waals surface area contributed by atoms with E-state index in [9.17, 15) is 0 Å². The summed E-state index contributed by atoms with van der Waals surface area (Å²) in [5, 5.41) is 0. The van der Waals surface area contributed by atoms with Crippen LogP contribution < -0.4 is 0 Å². The lowest BCUT2D eigenvalue weighted by molar-refractivity contribution is 0.295. The molecule has 14 heavy (non-hydrogen) atoms. The Bertz CT molecular complexity index is 133. The van der Waals surface area contributed by atoms with Gasteiger partial charge in [0.15, 0.2) is 0 Å². The second-order valence-corrected chi connectivity index (χ2v) is 5.98. The first kappa shape index (κ1) is 14.0. The van der Waals surface area contributed by atoms with Gasteiger partial charge in [-0.2, -0.15) is 0 Å². The monoisotopic (exact) mass is 198 g/mol. The van der Waals surface area contributed by atoms with Crippen LogP contribution >= 0.6 is 0 Å². The smallest absolute Gasteiger partial charge is 0.0357 e. The fraction of sp³-hybridized carbons (Fsp3) is 1.00. The van der Waals surface area contributed by atoms with E-state index >= 15 is 0 Å². The molecule has 1 atom stereocenters. The van der Waals surface area contributed by atoms with Crippen LogP contribution in [0.5, 0.6) is 0 Å². The van der Waals surface area contributed by atoms with Crippen molar-refractivity contribution in [2.45, 2.75) is 73.6 Å². The zero-order valence-corrected chi connectivity index (χ0v) is 11.2. The molecule has 1 unspecified atom stereocenters. The maximum absolute atomic E-state index is 2.39. The van der Waals surface area contributed by atoms with E-state index in [4.69, 9.17) is 0 Å². The van der Waals surface area contributed by atoms with Crippen molar-refractivity contribution < 1.29 is 0 Å². The summed E-state index contributed by atoms with van der Waals surface area (Å²) in [5.41, 5.74) is 0.571. The molecule has 0 aliphatic carbocycles. The average molecular weight is 198 g/mol. The summed E-state index contributed by atoms with van der Waals surface area (Å²) in [4.78, 5) is 0. The summed E-state index contributed by atoms with van der Waals surface area (Å²) in [6.07, 6.45) is 6.96. The highest BCUT2D eigenvalue weighted by atomic mass is 14.2. The van der Waals surface area contributed by atoms with E-state index in [-0.39, 0.29) is 0 Å². The van der Waals surface area contributed by atoms with Crippen molar-refractivity contribution in [1.82, 2.24) is 0 Å². The first-order chi connectivity index (χ1) is 6.39. The molecule has 0 saturated heterocycles. The number of hydrogen-bond acceptors (Lipinski definition) is 0. The van der Waals surface area contributed by atoms with Gasteiger partial charge in [-0.1, -0.05) is 67.2 Å². The zero-order valence-electron chi connectivity index (χ0n) is 11.2. The Morgan fingerprint density at radius 2 is 1.57 bits per heavy atom. The molecule has 0 amide bonds. The summed E-state index contributed by atoms with van der Waals surface area (Å²) in [7, 11) is 0. The van der Waals surface area contributed by atoms with E-state index in [0.717, 1.165) is 11.8 Å². The van der Waals surface area contributed by atoms with Gasteiger partial charge in [0.05, 0.1) is 0 Å². The predicted octanol–water partition coefficient (Wildman–Crippen LogP) is 5.28. The normalized spacial score (nSPS) is 14.8. The van der Waals surface area contributed by atoms with Crippen LogP contribution in [-0.2, 0) is 0 Å². The molecular weight excluding hydrogens is 168 g/mol. The molecule has 0 aromatic heterocycles. The number of rotatable bonds is 7. The predicted molar refractivity (Wildman–Crippen MR) is 66.5 cm³/mol. The summed E-state index contributed by atoms with van der Waals surface area (Å²) >= 11 is 0. The topological polar surface area (TPSA) is 0 Å². The second kappa shape index (κ2) is 6.48. The molecule has 0 aliphatic heterocycles. The minimum absolute atomic E-state index is 0.571. The Hall–Kier alpha value is 0. The van der Waals surface area contributed by atoms with Gasteiger partial charge in [0.1, 0.15) is 0 Å². The summed E-state index contributed by atoms with van der Waals surface area (Å²) < 4.78 is 0. The third-order valence-electron chi connectivity index (χ3n) is 3.86. The molecule has 0 aromatic rings. The molecular formula is C14H30. The second-order valence-electron chi connectivity index (χ2n) is 5.98. The molecule has 0 heteroatoms. The van der Waals surface area contributed by atoms with Gasteiger partial charge in [-0.3, -0.25) is 0 Å². The number of unbranched alkanes of at least 4 members (excludes halogenated alkanes) is 1. The molecule has 0 saturated carbocycles. The SMILES string of the molecule is CCC(C)(C)CCCCC(C)C(C)C. The summed E-state index contributed by atoms with van der Waals surface area (Å²) in [5.74, 6) is 1.76. The average Bonchev–Trinajstić information content (AvgIpc) is 2.12. The van der Waals surface area contributed by atoms with Crippen LogP contribution in [0.15, 0.2) is 0 Å². The Morgan fingerprint density at radius 1 is 1.00 bits per heavy atom. The quantitative estimate of drug-likeness (QED) is 0.488. The Labute approximate surface area is 91.5 Å². The van der Waals surface area contributed by atoms with E-state index < -0.39 is 0 Å². The van der Waals surface area contributed by atoms with Crippen molar-refractivity contribution in [2.75, 3.05) is 0 Å². The van der Waals surface area contributed by atoms with Crippen LogP contribution in [0.1, 0.15) is 73.6 Å². The maximum atomic E-state index is 2.39. The molecule has 0 bridgehead atoms. The molecule has 86 valence electrons. The molecule has 0 nitrogen and oxygen atoms in total. The van der Waals surface area contributed by atoms with Gasteiger partial charge in [-0.05, 0) is 23.7 Å². The Morgan fingerprint density at radius 3 is 2.00 bits per heavy atom. The van der Waals surface area contributed by atoms with Crippen LogP contribution in [0.3, 0.4) is 0 Å². The van der Waals surface area contributed by atoms with Crippen molar-refractivity contribution in [1.29, 1.82) is 0 Å². The highest BCUT2D eigenvalue weighted by Gasteiger charge is 2.14. The highest BCUT2D eigenvalue weighted by molar-refractivity contribution is 4.66. The van der Waals surface area contributed by atoms with E-state index in [1.165, 1.54) is 32.1 Å². The van der Waals surface area contributed by atoms with Gasteiger partial charge in [0.2, 0.25) is 0 Å². The van der Waals surface area contributed by atoms with Crippen LogP contribution in [0.2, 0.25) is 0 Å². The Balaban J connectivity index is 3.47. The van der Waals surface area contributed by atoms with Gasteiger partial charge < -0.3 is 0 Å². The minimum Gasteiger partial charge on any atom is -0.0649 e. The van der Waals surface area contributed by atoms with Crippen LogP contribution in [0.4, 0.5) is 0 Å². The standard InChI is InChI=1S/C14H30/c1-7-14(5,6)11-9-8-10-13(4)12(2)3/h12-13H,7-11H2,1-6H3. The van der Waals surface area contributed by atoms with Crippen LogP contribution in [-0.4, -0.2) is 0 Å². The lowest BCUT2D eigenvalue weighted by Crippen LogP contribution is -2.09. The van der Waals surface area contributed by atoms with Crippen molar-refractivity contribution in [2.24, 2.45) is 17.3 Å². The fourth-order valence-corrected chi connectivity index (χ4v) is 1.58. The lowest BCUT2D eigenvalue weighted by Gasteiger charge is -2.23. The molecule has 0 radical (unpaired) electrons. The van der Waals surface area contributed by atoms with Gasteiger partial charge in [-0.25, -0.2) is 0 Å². The van der Waals surface area contributed by atoms with Crippen molar-refractivity contribution in [3.63, 3.8) is 0 Å². The molecule has 0 heterocycles. The maximum Gasteiger partial charge on any atom is -0.0357 e. The number of hydrogen-bond donors (Lipinski definition) is 0. The van der Waals surface area contributed by atoms with Crippen molar-refractivity contribution in [3.8, 4) is 0 Å². The Kier molecular flexibility index (Phi) is 6.48. The van der Waals surface area contributed by atoms with Crippen molar-refractivity contribution >= 4 is 0 Å². The van der Waals surface area contributed by atoms with Crippen LogP contribution in [0, 0.1) is 17.3 Å². The molecule has 0 aromatic carbocycles. The van der Waals surface area contributed by atoms with Gasteiger partial charge >= 0.3 is 0 Å². The lowest BCUT2D eigenvalue weighted by atomic mass is 9.83. The first-order valence-corrected chi connectivity index (χ1v) is 6.39. The minimum atomic E-state index is 0.571. The molecule has 0 N–H and O–H groups in total. The van der Waals surface area contributed by atoms with Gasteiger partial charge in [-0.15, -0.1) is 0 Å². The van der Waals surface area contributed by atoms with E-state index in [1.807, 2.05) is 0 Å².